The first-order valence-electron chi connectivity index (χ1n) is 11.3. The third-order valence-corrected chi connectivity index (χ3v) is 7.36. The van der Waals surface area contributed by atoms with Gasteiger partial charge in [0.25, 0.3) is 0 Å². The Kier molecular flexibility index (Phi) is 3.40. The van der Waals surface area contributed by atoms with Gasteiger partial charge in [-0.05, 0) is 51.7 Å². The number of fused-ring (bicyclic) bond motifs is 6. The number of benzene rings is 5. The van der Waals surface area contributed by atoms with Gasteiger partial charge in [0.15, 0.2) is 0 Å². The van der Waals surface area contributed by atoms with Crippen LogP contribution in [0.25, 0.3) is 49.4 Å². The Hall–Kier alpha value is -3.84. The Balaban J connectivity index is 1.80. The molecule has 0 saturated carbocycles. The zero-order chi connectivity index (χ0) is 21.4. The van der Waals surface area contributed by atoms with Gasteiger partial charge in [-0.15, -0.1) is 0 Å². The highest BCUT2D eigenvalue weighted by Crippen LogP contribution is 2.52. The maximum atomic E-state index is 2.43. The van der Waals surface area contributed by atoms with Crippen LogP contribution in [0.1, 0.15) is 25.0 Å². The summed E-state index contributed by atoms with van der Waals surface area (Å²) in [5, 5.41) is 5.38. The zero-order valence-electron chi connectivity index (χ0n) is 18.3. The monoisotopic (exact) mass is 409 g/mol. The average Bonchev–Trinajstić information content (AvgIpc) is 3.16. The molecule has 0 aliphatic heterocycles. The van der Waals surface area contributed by atoms with E-state index < -0.39 is 0 Å². The summed E-state index contributed by atoms with van der Waals surface area (Å²) in [6, 6.07) is 37.8. The number of nitrogens with zero attached hydrogens (tertiary/aromatic N) is 1. The minimum absolute atomic E-state index is 0.0332. The lowest BCUT2D eigenvalue weighted by molar-refractivity contribution is 0.645. The van der Waals surface area contributed by atoms with Crippen LogP contribution >= 0.6 is 0 Å². The smallest absolute Gasteiger partial charge is 0.0553 e. The Morgan fingerprint density at radius 1 is 0.594 bits per heavy atom. The number of hydrogen-bond donors (Lipinski definition) is 0. The van der Waals surface area contributed by atoms with E-state index in [2.05, 4.69) is 122 Å². The summed E-state index contributed by atoms with van der Waals surface area (Å²) in [5.41, 5.74) is 9.26. The molecule has 152 valence electrons. The second kappa shape index (κ2) is 6.11. The highest BCUT2D eigenvalue weighted by Gasteiger charge is 2.34. The summed E-state index contributed by atoms with van der Waals surface area (Å²) >= 11 is 0. The lowest BCUT2D eigenvalue weighted by Gasteiger charge is -2.35. The molecule has 5 aromatic carbocycles. The topological polar surface area (TPSA) is 4.93 Å². The molecule has 0 unspecified atom stereocenters. The Labute approximate surface area is 187 Å². The number of para-hydroxylation sites is 2. The fourth-order valence-electron chi connectivity index (χ4n) is 5.94. The summed E-state index contributed by atoms with van der Waals surface area (Å²) < 4.78 is 2.43. The molecule has 1 heterocycles. The number of rotatable bonds is 1. The summed E-state index contributed by atoms with van der Waals surface area (Å²) in [6.45, 7) is 4.72. The molecule has 0 atom stereocenters. The zero-order valence-corrected chi connectivity index (χ0v) is 18.3. The Morgan fingerprint density at radius 2 is 1.31 bits per heavy atom. The van der Waals surface area contributed by atoms with E-state index in [1.54, 1.807) is 0 Å². The molecule has 1 aliphatic rings. The van der Waals surface area contributed by atoms with Crippen LogP contribution in [0.5, 0.6) is 0 Å². The molecule has 1 heteroatoms. The van der Waals surface area contributed by atoms with Crippen molar-refractivity contribution < 1.29 is 0 Å². The van der Waals surface area contributed by atoms with Crippen LogP contribution in [0.3, 0.4) is 0 Å². The van der Waals surface area contributed by atoms with Gasteiger partial charge in [0.1, 0.15) is 0 Å². The largest absolute Gasteiger partial charge is 0.309 e. The molecule has 32 heavy (non-hydrogen) atoms. The quantitative estimate of drug-likeness (QED) is 0.258. The molecule has 0 N–H and O–H groups in total. The molecule has 7 rings (SSSR count). The molecule has 0 amide bonds. The highest BCUT2D eigenvalue weighted by molar-refractivity contribution is 6.24. The lowest BCUT2D eigenvalue weighted by atomic mass is 9.68. The molecule has 0 fully saturated rings. The maximum Gasteiger partial charge on any atom is 0.0553 e. The standard InChI is InChI=1S/C31H23N/c1-31(2)24-16-8-6-14-22(24)30-28-20(11-10-17-25(28)31)19-27-29(30)23-15-7-9-18-26(23)32(27)21-12-4-3-5-13-21/h3-19H,1-2H3. The molecule has 6 aromatic rings. The van der Waals surface area contributed by atoms with Crippen LogP contribution in [-0.4, -0.2) is 4.57 Å². The summed E-state index contributed by atoms with van der Waals surface area (Å²) in [5.74, 6) is 0. The molecule has 0 radical (unpaired) electrons. The molecule has 1 nitrogen and oxygen atoms in total. The molecule has 0 saturated heterocycles. The van der Waals surface area contributed by atoms with E-state index in [1.165, 1.54) is 60.5 Å². The molecular formula is C31H23N. The summed E-state index contributed by atoms with van der Waals surface area (Å²) in [4.78, 5) is 0. The molecular weight excluding hydrogens is 386 g/mol. The maximum absolute atomic E-state index is 2.43. The van der Waals surface area contributed by atoms with Crippen molar-refractivity contribution in [1.82, 2.24) is 4.57 Å². The van der Waals surface area contributed by atoms with Crippen LogP contribution in [0.4, 0.5) is 0 Å². The third-order valence-electron chi connectivity index (χ3n) is 7.36. The first-order chi connectivity index (χ1) is 15.7. The van der Waals surface area contributed by atoms with E-state index in [-0.39, 0.29) is 5.41 Å². The van der Waals surface area contributed by atoms with Crippen LogP contribution in [0, 0.1) is 0 Å². The van der Waals surface area contributed by atoms with E-state index >= 15 is 0 Å². The van der Waals surface area contributed by atoms with Crippen molar-refractivity contribution in [3.05, 3.63) is 114 Å². The van der Waals surface area contributed by atoms with Gasteiger partial charge in [-0.2, -0.15) is 0 Å². The van der Waals surface area contributed by atoms with Crippen molar-refractivity contribution in [2.45, 2.75) is 19.3 Å². The summed E-state index contributed by atoms with van der Waals surface area (Å²) in [6.07, 6.45) is 0. The molecule has 0 spiro atoms. The predicted octanol–water partition coefficient (Wildman–Crippen LogP) is 8.24. The van der Waals surface area contributed by atoms with E-state index in [1.807, 2.05) is 0 Å². The lowest BCUT2D eigenvalue weighted by Crippen LogP contribution is -2.23. The second-order valence-corrected chi connectivity index (χ2v) is 9.41. The SMILES string of the molecule is CC1(C)c2ccccc2-c2c3c1cccc3cc1c2c2ccccc2n1-c1ccccc1. The van der Waals surface area contributed by atoms with Gasteiger partial charge in [0, 0.05) is 27.4 Å². The summed E-state index contributed by atoms with van der Waals surface area (Å²) in [7, 11) is 0. The molecule has 1 aromatic heterocycles. The van der Waals surface area contributed by atoms with E-state index in [0.29, 0.717) is 0 Å². The van der Waals surface area contributed by atoms with E-state index in [9.17, 15) is 0 Å². The predicted molar refractivity (Wildman–Crippen MR) is 136 cm³/mol. The highest BCUT2D eigenvalue weighted by atomic mass is 15.0. The Bertz CT molecular complexity index is 1680. The van der Waals surface area contributed by atoms with Gasteiger partial charge in [-0.25, -0.2) is 0 Å². The van der Waals surface area contributed by atoms with Crippen molar-refractivity contribution >= 4 is 32.6 Å². The average molecular weight is 410 g/mol. The van der Waals surface area contributed by atoms with Crippen molar-refractivity contribution in [1.29, 1.82) is 0 Å². The first-order valence-corrected chi connectivity index (χ1v) is 11.3. The van der Waals surface area contributed by atoms with Crippen molar-refractivity contribution in [2.24, 2.45) is 0 Å². The first kappa shape index (κ1) is 17.8. The molecule has 0 bridgehead atoms. The van der Waals surface area contributed by atoms with Gasteiger partial charge in [-0.3, -0.25) is 0 Å². The van der Waals surface area contributed by atoms with E-state index in [4.69, 9.17) is 0 Å². The second-order valence-electron chi connectivity index (χ2n) is 9.41. The van der Waals surface area contributed by atoms with E-state index in [0.717, 1.165) is 0 Å². The van der Waals surface area contributed by atoms with Crippen LogP contribution < -0.4 is 0 Å². The van der Waals surface area contributed by atoms with Crippen LogP contribution in [-0.2, 0) is 5.41 Å². The molecule has 1 aliphatic carbocycles. The Morgan fingerprint density at radius 3 is 2.19 bits per heavy atom. The van der Waals surface area contributed by atoms with Gasteiger partial charge in [-0.1, -0.05) is 92.7 Å². The fourth-order valence-corrected chi connectivity index (χ4v) is 5.94. The number of hydrogen-bond acceptors (Lipinski definition) is 0. The van der Waals surface area contributed by atoms with Crippen molar-refractivity contribution in [2.75, 3.05) is 0 Å². The van der Waals surface area contributed by atoms with Crippen LogP contribution in [0.2, 0.25) is 0 Å². The normalized spacial score (nSPS) is 14.2. The fraction of sp³-hybridized carbons (Fsp3) is 0.0968. The third kappa shape index (κ3) is 2.13. The van der Waals surface area contributed by atoms with Crippen LogP contribution in [0.15, 0.2) is 103 Å². The minimum Gasteiger partial charge on any atom is -0.309 e. The van der Waals surface area contributed by atoms with Gasteiger partial charge in [0.05, 0.1) is 11.0 Å². The minimum atomic E-state index is -0.0332. The van der Waals surface area contributed by atoms with Gasteiger partial charge in [0.2, 0.25) is 0 Å². The number of aromatic nitrogens is 1. The van der Waals surface area contributed by atoms with Gasteiger partial charge < -0.3 is 4.57 Å². The van der Waals surface area contributed by atoms with Gasteiger partial charge >= 0.3 is 0 Å². The van der Waals surface area contributed by atoms with Crippen molar-refractivity contribution in [3.8, 4) is 16.8 Å². The van der Waals surface area contributed by atoms with Crippen molar-refractivity contribution in [3.63, 3.8) is 0 Å².